The monoisotopic (exact) mass is 238 g/mol. The standard InChI is InChI=1S/C12H22N4O/c1-9(2)12-10(4-5-17-12)6-13-7-11-8-14-15-16(11)3/h8-10,12-13H,4-7H2,1-3H3/t10-,12-/m1/s1. The topological polar surface area (TPSA) is 52.0 Å². The van der Waals surface area contributed by atoms with Crippen LogP contribution in [0.4, 0.5) is 0 Å². The first-order chi connectivity index (χ1) is 8.18. The zero-order chi connectivity index (χ0) is 12.3. The lowest BCUT2D eigenvalue weighted by atomic mass is 9.93. The molecule has 0 saturated carbocycles. The second-order valence-corrected chi connectivity index (χ2v) is 5.11. The summed E-state index contributed by atoms with van der Waals surface area (Å²) in [4.78, 5) is 0. The molecule has 0 amide bonds. The van der Waals surface area contributed by atoms with Crippen LogP contribution in [0.2, 0.25) is 0 Å². The molecule has 1 N–H and O–H groups in total. The smallest absolute Gasteiger partial charge is 0.0738 e. The highest BCUT2D eigenvalue weighted by Crippen LogP contribution is 2.26. The van der Waals surface area contributed by atoms with Crippen molar-refractivity contribution < 1.29 is 4.74 Å². The van der Waals surface area contributed by atoms with Gasteiger partial charge in [0.2, 0.25) is 0 Å². The molecule has 1 aromatic rings. The zero-order valence-corrected chi connectivity index (χ0v) is 10.9. The molecule has 1 fully saturated rings. The van der Waals surface area contributed by atoms with Crippen molar-refractivity contribution in [2.24, 2.45) is 18.9 Å². The summed E-state index contributed by atoms with van der Waals surface area (Å²) in [5.41, 5.74) is 1.12. The minimum Gasteiger partial charge on any atom is -0.378 e. The molecule has 0 radical (unpaired) electrons. The lowest BCUT2D eigenvalue weighted by Gasteiger charge is -2.22. The molecule has 1 aromatic heterocycles. The van der Waals surface area contributed by atoms with Crippen LogP contribution in [0.25, 0.3) is 0 Å². The van der Waals surface area contributed by atoms with Gasteiger partial charge in [-0.2, -0.15) is 0 Å². The van der Waals surface area contributed by atoms with Crippen LogP contribution in [0.3, 0.4) is 0 Å². The summed E-state index contributed by atoms with van der Waals surface area (Å²) >= 11 is 0. The van der Waals surface area contributed by atoms with Gasteiger partial charge < -0.3 is 10.1 Å². The van der Waals surface area contributed by atoms with Crippen LogP contribution in [0.15, 0.2) is 6.20 Å². The van der Waals surface area contributed by atoms with Gasteiger partial charge in [-0.05, 0) is 18.3 Å². The minimum atomic E-state index is 0.409. The van der Waals surface area contributed by atoms with Crippen LogP contribution in [-0.2, 0) is 18.3 Å². The molecule has 5 nitrogen and oxygen atoms in total. The summed E-state index contributed by atoms with van der Waals surface area (Å²) in [6.45, 7) is 7.20. The first-order valence-electron chi connectivity index (χ1n) is 6.34. The number of nitrogens with one attached hydrogen (secondary N) is 1. The predicted molar refractivity (Wildman–Crippen MR) is 65.4 cm³/mol. The molecular weight excluding hydrogens is 216 g/mol. The van der Waals surface area contributed by atoms with E-state index in [1.54, 1.807) is 10.9 Å². The molecule has 1 saturated heterocycles. The summed E-state index contributed by atoms with van der Waals surface area (Å²) in [5, 5.41) is 11.3. The van der Waals surface area contributed by atoms with E-state index < -0.39 is 0 Å². The Bertz CT molecular complexity index is 350. The maximum Gasteiger partial charge on any atom is 0.0738 e. The number of hydrogen-bond donors (Lipinski definition) is 1. The molecule has 2 rings (SSSR count). The fraction of sp³-hybridized carbons (Fsp3) is 0.833. The average molecular weight is 238 g/mol. The van der Waals surface area contributed by atoms with Crippen LogP contribution >= 0.6 is 0 Å². The number of hydrogen-bond acceptors (Lipinski definition) is 4. The summed E-state index contributed by atoms with van der Waals surface area (Å²) in [7, 11) is 1.92. The predicted octanol–water partition coefficient (Wildman–Crippen LogP) is 0.966. The Kier molecular flexibility index (Phi) is 4.12. The van der Waals surface area contributed by atoms with Crippen molar-refractivity contribution in [1.82, 2.24) is 20.3 Å². The third-order valence-corrected chi connectivity index (χ3v) is 3.44. The van der Waals surface area contributed by atoms with Gasteiger partial charge in [0.05, 0.1) is 18.0 Å². The molecule has 96 valence electrons. The van der Waals surface area contributed by atoms with Crippen molar-refractivity contribution in [2.75, 3.05) is 13.2 Å². The molecule has 0 aliphatic carbocycles. The van der Waals surface area contributed by atoms with Gasteiger partial charge in [-0.1, -0.05) is 19.1 Å². The number of nitrogens with zero attached hydrogens (tertiary/aromatic N) is 3. The van der Waals surface area contributed by atoms with E-state index in [1.165, 1.54) is 6.42 Å². The van der Waals surface area contributed by atoms with Gasteiger partial charge in [-0.25, -0.2) is 0 Å². The van der Waals surface area contributed by atoms with Gasteiger partial charge in [-0.3, -0.25) is 4.68 Å². The van der Waals surface area contributed by atoms with E-state index in [2.05, 4.69) is 29.5 Å². The Morgan fingerprint density at radius 1 is 1.59 bits per heavy atom. The van der Waals surface area contributed by atoms with E-state index in [1.807, 2.05) is 7.05 Å². The van der Waals surface area contributed by atoms with Crippen LogP contribution in [0, 0.1) is 11.8 Å². The SMILES string of the molecule is CC(C)[C@H]1OCC[C@@H]1CNCc1cnnn1C. The fourth-order valence-electron chi connectivity index (χ4n) is 2.47. The van der Waals surface area contributed by atoms with Gasteiger partial charge in [0.15, 0.2) is 0 Å². The first kappa shape index (κ1) is 12.5. The Labute approximate surface area is 103 Å². The molecule has 1 aliphatic heterocycles. The largest absolute Gasteiger partial charge is 0.378 e. The maximum absolute atomic E-state index is 5.77. The van der Waals surface area contributed by atoms with E-state index >= 15 is 0 Å². The summed E-state index contributed by atoms with van der Waals surface area (Å²) < 4.78 is 7.57. The summed E-state index contributed by atoms with van der Waals surface area (Å²) in [6.07, 6.45) is 3.38. The van der Waals surface area contributed by atoms with Crippen LogP contribution < -0.4 is 5.32 Å². The van der Waals surface area contributed by atoms with Crippen LogP contribution in [0.1, 0.15) is 26.0 Å². The highest BCUT2D eigenvalue weighted by atomic mass is 16.5. The molecular formula is C12H22N4O. The number of rotatable bonds is 5. The van der Waals surface area contributed by atoms with Crippen molar-refractivity contribution in [3.63, 3.8) is 0 Å². The van der Waals surface area contributed by atoms with E-state index in [-0.39, 0.29) is 0 Å². The van der Waals surface area contributed by atoms with Crippen molar-refractivity contribution in [3.8, 4) is 0 Å². The molecule has 2 atom stereocenters. The highest BCUT2D eigenvalue weighted by molar-refractivity contribution is 4.92. The maximum atomic E-state index is 5.77. The van der Waals surface area contributed by atoms with Gasteiger partial charge in [0, 0.05) is 26.7 Å². The number of aryl methyl sites for hydroxylation is 1. The second-order valence-electron chi connectivity index (χ2n) is 5.11. The van der Waals surface area contributed by atoms with E-state index in [4.69, 9.17) is 4.74 Å². The quantitative estimate of drug-likeness (QED) is 0.830. The van der Waals surface area contributed by atoms with E-state index in [0.29, 0.717) is 17.9 Å². The molecule has 0 spiro atoms. The van der Waals surface area contributed by atoms with E-state index in [0.717, 1.165) is 25.4 Å². The fourth-order valence-corrected chi connectivity index (χ4v) is 2.47. The highest BCUT2D eigenvalue weighted by Gasteiger charge is 2.30. The van der Waals surface area contributed by atoms with Crippen molar-refractivity contribution in [2.45, 2.75) is 32.9 Å². The average Bonchev–Trinajstić information content (AvgIpc) is 2.88. The molecule has 1 aliphatic rings. The molecule has 0 bridgehead atoms. The van der Waals surface area contributed by atoms with Crippen LogP contribution in [0.5, 0.6) is 0 Å². The van der Waals surface area contributed by atoms with E-state index in [9.17, 15) is 0 Å². The zero-order valence-electron chi connectivity index (χ0n) is 10.9. The second kappa shape index (κ2) is 5.60. The third kappa shape index (κ3) is 3.04. The Balaban J connectivity index is 1.77. The van der Waals surface area contributed by atoms with Gasteiger partial charge in [-0.15, -0.1) is 5.10 Å². The van der Waals surface area contributed by atoms with Gasteiger partial charge in [0.25, 0.3) is 0 Å². The van der Waals surface area contributed by atoms with Gasteiger partial charge in [0.1, 0.15) is 0 Å². The lowest BCUT2D eigenvalue weighted by Crippen LogP contribution is -2.31. The Morgan fingerprint density at radius 2 is 2.41 bits per heavy atom. The molecule has 0 unspecified atom stereocenters. The van der Waals surface area contributed by atoms with Gasteiger partial charge >= 0.3 is 0 Å². The Hall–Kier alpha value is -0.940. The number of ether oxygens (including phenoxy) is 1. The molecule has 0 aromatic carbocycles. The molecule has 2 heterocycles. The summed E-state index contributed by atoms with van der Waals surface area (Å²) in [5.74, 6) is 1.24. The normalized spacial score (nSPS) is 24.7. The summed E-state index contributed by atoms with van der Waals surface area (Å²) in [6, 6.07) is 0. The first-order valence-corrected chi connectivity index (χ1v) is 6.34. The third-order valence-electron chi connectivity index (χ3n) is 3.44. The Morgan fingerprint density at radius 3 is 3.06 bits per heavy atom. The lowest BCUT2D eigenvalue weighted by molar-refractivity contribution is 0.0539. The van der Waals surface area contributed by atoms with Crippen LogP contribution in [-0.4, -0.2) is 34.2 Å². The van der Waals surface area contributed by atoms with Crippen molar-refractivity contribution in [3.05, 3.63) is 11.9 Å². The minimum absolute atomic E-state index is 0.409. The van der Waals surface area contributed by atoms with Crippen molar-refractivity contribution >= 4 is 0 Å². The number of aromatic nitrogens is 3. The molecule has 17 heavy (non-hydrogen) atoms. The molecule has 5 heteroatoms. The van der Waals surface area contributed by atoms with Crippen molar-refractivity contribution in [1.29, 1.82) is 0 Å².